The van der Waals surface area contributed by atoms with Gasteiger partial charge in [-0.05, 0) is 12.6 Å². The van der Waals surface area contributed by atoms with Gasteiger partial charge >= 0.3 is 5.69 Å². The van der Waals surface area contributed by atoms with Crippen LogP contribution < -0.4 is 27.2 Å². The number of aromatic nitrogens is 2. The number of anilines is 2. The standard InChI is InChI=1S/C19H27N5O4.ClH/c1-13(11-20-2)17(25)22-16-15(21-12-14-7-5-4-6-8-14)18(26)23-19(27)24(16)9-10-28-3;/h4-8,13,20-21H,9-12H2,1-3H3,(H,22,25)(H,23,26,27);1H. The second-order valence-electron chi connectivity index (χ2n) is 6.41. The summed E-state index contributed by atoms with van der Waals surface area (Å²) >= 11 is 0. The van der Waals surface area contributed by atoms with Crippen LogP contribution in [-0.2, 0) is 22.6 Å². The molecule has 0 radical (unpaired) electrons. The maximum Gasteiger partial charge on any atom is 0.330 e. The number of carbonyl (C=O) groups is 1. The molecular formula is C19H28ClN5O4. The van der Waals surface area contributed by atoms with Crippen LogP contribution in [0.2, 0.25) is 0 Å². The summed E-state index contributed by atoms with van der Waals surface area (Å²) in [7, 11) is 3.26. The van der Waals surface area contributed by atoms with Crippen molar-refractivity contribution in [2.24, 2.45) is 5.92 Å². The molecule has 1 heterocycles. The molecule has 0 fully saturated rings. The lowest BCUT2D eigenvalue weighted by Crippen LogP contribution is -2.37. The van der Waals surface area contributed by atoms with Gasteiger partial charge in [-0.3, -0.25) is 19.1 Å². The molecule has 1 aromatic carbocycles. The van der Waals surface area contributed by atoms with Gasteiger partial charge in [-0.25, -0.2) is 4.79 Å². The number of ether oxygens (including phenoxy) is 1. The highest BCUT2D eigenvalue weighted by Crippen LogP contribution is 2.17. The number of H-pyrrole nitrogens is 1. The second kappa shape index (κ2) is 12.1. The zero-order chi connectivity index (χ0) is 20.5. The Labute approximate surface area is 175 Å². The molecule has 4 N–H and O–H groups in total. The molecule has 0 saturated carbocycles. The van der Waals surface area contributed by atoms with Crippen molar-refractivity contribution in [3.8, 4) is 0 Å². The number of carbonyl (C=O) groups excluding carboxylic acids is 1. The summed E-state index contributed by atoms with van der Waals surface area (Å²) in [5.74, 6) is -0.514. The number of hydrogen-bond acceptors (Lipinski definition) is 6. The molecule has 0 saturated heterocycles. The molecular weight excluding hydrogens is 398 g/mol. The molecule has 1 unspecified atom stereocenters. The minimum atomic E-state index is -0.608. The third-order valence-corrected chi connectivity index (χ3v) is 4.23. The first-order valence-electron chi connectivity index (χ1n) is 9.07. The molecule has 0 spiro atoms. The zero-order valence-electron chi connectivity index (χ0n) is 16.8. The Bertz CT molecular complexity index is 898. The second-order valence-corrected chi connectivity index (χ2v) is 6.41. The van der Waals surface area contributed by atoms with Crippen molar-refractivity contribution in [2.45, 2.75) is 20.0 Å². The topological polar surface area (TPSA) is 117 Å². The van der Waals surface area contributed by atoms with E-state index < -0.39 is 11.2 Å². The molecule has 1 amide bonds. The van der Waals surface area contributed by atoms with Crippen LogP contribution in [0.5, 0.6) is 0 Å². The van der Waals surface area contributed by atoms with Crippen molar-refractivity contribution in [2.75, 3.05) is 37.9 Å². The van der Waals surface area contributed by atoms with Gasteiger partial charge in [0.2, 0.25) is 5.91 Å². The van der Waals surface area contributed by atoms with Crippen molar-refractivity contribution in [1.29, 1.82) is 0 Å². The number of hydrogen-bond donors (Lipinski definition) is 4. The summed E-state index contributed by atoms with van der Waals surface area (Å²) in [5.41, 5.74) is -0.114. The fraction of sp³-hybridized carbons (Fsp3) is 0.421. The molecule has 1 atom stereocenters. The van der Waals surface area contributed by atoms with E-state index in [1.165, 1.54) is 11.7 Å². The average Bonchev–Trinajstić information content (AvgIpc) is 2.68. The van der Waals surface area contributed by atoms with Crippen molar-refractivity contribution in [3.05, 3.63) is 56.7 Å². The SMILES string of the molecule is CNCC(C)C(=O)Nc1c(NCc2ccccc2)c(=O)[nH]c(=O)n1CCOC.Cl. The van der Waals surface area contributed by atoms with E-state index in [2.05, 4.69) is 20.9 Å². The number of nitrogens with one attached hydrogen (secondary N) is 4. The first kappa shape index (κ1) is 24.4. The molecule has 0 aliphatic heterocycles. The molecule has 1 aromatic heterocycles. The Hall–Kier alpha value is -2.62. The van der Waals surface area contributed by atoms with Gasteiger partial charge in [0.25, 0.3) is 5.56 Å². The van der Waals surface area contributed by atoms with Crippen molar-refractivity contribution >= 4 is 29.8 Å². The lowest BCUT2D eigenvalue weighted by Gasteiger charge is -2.19. The van der Waals surface area contributed by atoms with Gasteiger partial charge in [0.15, 0.2) is 0 Å². The Morgan fingerprint density at radius 3 is 2.55 bits per heavy atom. The number of nitrogens with zero attached hydrogens (tertiary/aromatic N) is 1. The van der Waals surface area contributed by atoms with Gasteiger partial charge in [-0.15, -0.1) is 12.4 Å². The van der Waals surface area contributed by atoms with Crippen LogP contribution in [0.3, 0.4) is 0 Å². The first-order valence-corrected chi connectivity index (χ1v) is 9.07. The number of rotatable bonds is 10. The van der Waals surface area contributed by atoms with Crippen molar-refractivity contribution in [3.63, 3.8) is 0 Å². The highest BCUT2D eigenvalue weighted by molar-refractivity contribution is 5.94. The summed E-state index contributed by atoms with van der Waals surface area (Å²) in [6.45, 7) is 3.01. The molecule has 0 aliphatic rings. The minimum Gasteiger partial charge on any atom is -0.383 e. The average molecular weight is 426 g/mol. The highest BCUT2D eigenvalue weighted by Gasteiger charge is 2.20. The predicted molar refractivity (Wildman–Crippen MR) is 116 cm³/mol. The molecule has 2 aromatic rings. The van der Waals surface area contributed by atoms with E-state index >= 15 is 0 Å². The van der Waals surface area contributed by atoms with Crippen molar-refractivity contribution < 1.29 is 9.53 Å². The van der Waals surface area contributed by atoms with E-state index in [4.69, 9.17) is 4.74 Å². The van der Waals surface area contributed by atoms with Gasteiger partial charge in [0.1, 0.15) is 11.5 Å². The van der Waals surface area contributed by atoms with E-state index in [1.807, 2.05) is 30.3 Å². The van der Waals surface area contributed by atoms with E-state index in [9.17, 15) is 14.4 Å². The van der Waals surface area contributed by atoms with Crippen LogP contribution >= 0.6 is 12.4 Å². The number of methoxy groups -OCH3 is 1. The fourth-order valence-electron chi connectivity index (χ4n) is 2.69. The van der Waals surface area contributed by atoms with Gasteiger partial charge < -0.3 is 20.7 Å². The van der Waals surface area contributed by atoms with Crippen LogP contribution in [0.25, 0.3) is 0 Å². The molecule has 2 rings (SSSR count). The molecule has 29 heavy (non-hydrogen) atoms. The quantitative estimate of drug-likeness (QED) is 0.451. The Morgan fingerprint density at radius 2 is 1.93 bits per heavy atom. The van der Waals surface area contributed by atoms with Crippen molar-refractivity contribution in [1.82, 2.24) is 14.9 Å². The van der Waals surface area contributed by atoms with Crippen LogP contribution in [-0.4, -0.2) is 42.8 Å². The van der Waals surface area contributed by atoms with E-state index in [0.29, 0.717) is 13.1 Å². The molecule has 9 nitrogen and oxygen atoms in total. The van der Waals surface area contributed by atoms with Gasteiger partial charge in [-0.2, -0.15) is 0 Å². The smallest absolute Gasteiger partial charge is 0.330 e. The Morgan fingerprint density at radius 1 is 1.24 bits per heavy atom. The minimum absolute atomic E-state index is 0. The molecule has 10 heteroatoms. The number of halogens is 1. The highest BCUT2D eigenvalue weighted by atomic mass is 35.5. The zero-order valence-corrected chi connectivity index (χ0v) is 17.6. The molecule has 160 valence electrons. The lowest BCUT2D eigenvalue weighted by molar-refractivity contribution is -0.119. The summed E-state index contributed by atoms with van der Waals surface area (Å²) in [4.78, 5) is 39.6. The van der Waals surface area contributed by atoms with Gasteiger partial charge in [0, 0.05) is 26.1 Å². The summed E-state index contributed by atoms with van der Waals surface area (Å²) in [5, 5.41) is 8.71. The lowest BCUT2D eigenvalue weighted by atomic mass is 10.1. The van der Waals surface area contributed by atoms with E-state index in [1.54, 1.807) is 14.0 Å². The summed E-state index contributed by atoms with van der Waals surface area (Å²) in [6, 6.07) is 9.51. The Balaban J connectivity index is 0.00000420. The van der Waals surface area contributed by atoms with E-state index in [-0.39, 0.29) is 48.9 Å². The first-order chi connectivity index (χ1) is 13.5. The van der Waals surface area contributed by atoms with Crippen LogP contribution in [0.15, 0.2) is 39.9 Å². The predicted octanol–water partition coefficient (Wildman–Crippen LogP) is 1.01. The maximum atomic E-state index is 12.5. The summed E-state index contributed by atoms with van der Waals surface area (Å²) in [6.07, 6.45) is 0. The maximum absolute atomic E-state index is 12.5. The van der Waals surface area contributed by atoms with Crippen LogP contribution in [0.4, 0.5) is 11.5 Å². The molecule has 0 aliphatic carbocycles. The fourth-order valence-corrected chi connectivity index (χ4v) is 2.69. The van der Waals surface area contributed by atoms with Crippen LogP contribution in [0, 0.1) is 5.92 Å². The monoisotopic (exact) mass is 425 g/mol. The molecule has 0 bridgehead atoms. The third kappa shape index (κ3) is 6.74. The third-order valence-electron chi connectivity index (χ3n) is 4.23. The van der Waals surface area contributed by atoms with Gasteiger partial charge in [-0.1, -0.05) is 37.3 Å². The van der Waals surface area contributed by atoms with Gasteiger partial charge in [0.05, 0.1) is 13.2 Å². The normalized spacial score (nSPS) is 11.4. The Kier molecular flexibility index (Phi) is 10.1. The van der Waals surface area contributed by atoms with E-state index in [0.717, 1.165) is 5.56 Å². The number of benzene rings is 1. The number of amides is 1. The number of aromatic amines is 1. The summed E-state index contributed by atoms with van der Waals surface area (Å²) < 4.78 is 6.35. The largest absolute Gasteiger partial charge is 0.383 e. The van der Waals surface area contributed by atoms with Crippen LogP contribution in [0.1, 0.15) is 12.5 Å².